The first-order valence-electron chi connectivity index (χ1n) is 2.81. The van der Waals surface area contributed by atoms with Crippen molar-refractivity contribution in [2.45, 2.75) is 12.8 Å². The number of amides is 2. The highest BCUT2D eigenvalue weighted by molar-refractivity contribution is 5.73. The molecule has 0 saturated heterocycles. The molecule has 0 aromatic carbocycles. The molecule has 3 N–H and O–H groups in total. The summed E-state index contributed by atoms with van der Waals surface area (Å²) in [6.07, 6.45) is -0.609. The van der Waals surface area contributed by atoms with Crippen LogP contribution in [-0.4, -0.2) is 23.7 Å². The second kappa shape index (κ2) is 4.60. The van der Waals surface area contributed by atoms with E-state index in [2.05, 4.69) is 5.32 Å². The van der Waals surface area contributed by atoms with Gasteiger partial charge in [0.1, 0.15) is 0 Å². The van der Waals surface area contributed by atoms with Crippen LogP contribution in [0.4, 0.5) is 4.79 Å². The van der Waals surface area contributed by atoms with Crippen molar-refractivity contribution in [3.8, 4) is 0 Å². The molecule has 5 nitrogen and oxygen atoms in total. The zero-order valence-corrected chi connectivity index (χ0v) is 5.41. The Kier molecular flexibility index (Phi) is 4.02. The van der Waals surface area contributed by atoms with Crippen LogP contribution in [0.3, 0.4) is 0 Å². The molecule has 0 aromatic rings. The Morgan fingerprint density at radius 3 is 2.50 bits per heavy atom. The van der Waals surface area contributed by atoms with E-state index >= 15 is 0 Å². The highest BCUT2D eigenvalue weighted by atomic mass is 16.4. The molecular weight excluding hydrogens is 136 g/mol. The molecule has 0 spiro atoms. The van der Waals surface area contributed by atoms with Crippen molar-refractivity contribution in [1.82, 2.24) is 5.32 Å². The molecule has 0 aromatic heterocycles. The minimum Gasteiger partial charge on any atom is -0.464 e. The monoisotopic (exact) mass is 145 g/mol. The van der Waals surface area contributed by atoms with Gasteiger partial charge in [-0.3, -0.25) is 4.79 Å². The molecule has 1 radical (unpaired) electrons. The standard InChI is InChI=1S/C5H9N2O3/c6-4(8)2-1-3-7-5(9)10/h1-3H2,(H2,6,8)(H,9,10). The van der Waals surface area contributed by atoms with Crippen molar-refractivity contribution >= 4 is 12.0 Å². The number of hydrogen-bond acceptors (Lipinski definition) is 2. The minimum atomic E-state index is -1.20. The molecule has 0 heterocycles. The largest absolute Gasteiger partial charge is 0.464 e. The highest BCUT2D eigenvalue weighted by Crippen LogP contribution is 1.84. The summed E-state index contributed by atoms with van der Waals surface area (Å²) in [5.41, 5.74) is 4.78. The molecule has 0 aliphatic carbocycles. The van der Waals surface area contributed by atoms with Gasteiger partial charge in [-0.2, -0.15) is 0 Å². The SMILES string of the molecule is NC(=O)CCC[N]C(=O)O. The van der Waals surface area contributed by atoms with Crippen LogP contribution in [0.1, 0.15) is 12.8 Å². The molecule has 2 amide bonds. The van der Waals surface area contributed by atoms with Crippen LogP contribution in [-0.2, 0) is 4.79 Å². The summed E-state index contributed by atoms with van der Waals surface area (Å²) in [7, 11) is 0. The van der Waals surface area contributed by atoms with E-state index < -0.39 is 12.0 Å². The second-order valence-electron chi connectivity index (χ2n) is 1.73. The molecule has 0 rings (SSSR count). The predicted molar refractivity (Wildman–Crippen MR) is 33.5 cm³/mol. The number of nitrogens with zero attached hydrogens (tertiary/aromatic N) is 1. The molecule has 57 valence electrons. The minimum absolute atomic E-state index is 0.151. The molecule has 0 fully saturated rings. The van der Waals surface area contributed by atoms with Crippen LogP contribution >= 0.6 is 0 Å². The van der Waals surface area contributed by atoms with Crippen molar-refractivity contribution in [1.29, 1.82) is 0 Å². The van der Waals surface area contributed by atoms with Gasteiger partial charge in [0.15, 0.2) is 0 Å². The molecular formula is C5H9N2O3. The third-order valence-electron chi connectivity index (χ3n) is 0.828. The van der Waals surface area contributed by atoms with Crippen LogP contribution < -0.4 is 11.1 Å². The zero-order chi connectivity index (χ0) is 7.98. The Morgan fingerprint density at radius 2 is 2.10 bits per heavy atom. The fourth-order valence-corrected chi connectivity index (χ4v) is 0.428. The van der Waals surface area contributed by atoms with Crippen LogP contribution in [0.2, 0.25) is 0 Å². The van der Waals surface area contributed by atoms with Gasteiger partial charge in [0.2, 0.25) is 5.91 Å². The molecule has 0 aliphatic rings. The molecule has 10 heavy (non-hydrogen) atoms. The predicted octanol–water partition coefficient (Wildman–Crippen LogP) is -0.466. The highest BCUT2D eigenvalue weighted by Gasteiger charge is 1.97. The normalized spacial score (nSPS) is 8.80. The van der Waals surface area contributed by atoms with E-state index in [4.69, 9.17) is 10.8 Å². The van der Waals surface area contributed by atoms with E-state index in [1.54, 1.807) is 0 Å². The van der Waals surface area contributed by atoms with Crippen LogP contribution in [0.5, 0.6) is 0 Å². The van der Waals surface area contributed by atoms with Gasteiger partial charge < -0.3 is 10.8 Å². The molecule has 5 heteroatoms. The Balaban J connectivity index is 3.06. The maximum absolute atomic E-state index is 10.1. The molecule has 0 unspecified atom stereocenters. The Labute approximate surface area is 58.2 Å². The summed E-state index contributed by atoms with van der Waals surface area (Å²) in [6.45, 7) is 0.151. The van der Waals surface area contributed by atoms with Gasteiger partial charge in [-0.15, -0.1) is 0 Å². The lowest BCUT2D eigenvalue weighted by atomic mass is 10.3. The summed E-state index contributed by atoms with van der Waals surface area (Å²) >= 11 is 0. The number of nitrogens with two attached hydrogens (primary N) is 1. The quantitative estimate of drug-likeness (QED) is 0.523. The van der Waals surface area contributed by atoms with Gasteiger partial charge in [-0.1, -0.05) is 0 Å². The van der Waals surface area contributed by atoms with Crippen molar-refractivity contribution in [3.63, 3.8) is 0 Å². The third kappa shape index (κ3) is 6.74. The maximum atomic E-state index is 10.1. The fraction of sp³-hybridized carbons (Fsp3) is 0.600. The molecule has 0 bridgehead atoms. The summed E-state index contributed by atoms with van der Waals surface area (Å²) in [4.78, 5) is 19.8. The van der Waals surface area contributed by atoms with Crippen LogP contribution in [0.25, 0.3) is 0 Å². The Hall–Kier alpha value is -1.26. The number of carbonyl (C=O) groups excluding carboxylic acids is 1. The van der Waals surface area contributed by atoms with Crippen molar-refractivity contribution in [2.24, 2.45) is 5.73 Å². The lowest BCUT2D eigenvalue weighted by Gasteiger charge is -1.93. The zero-order valence-electron chi connectivity index (χ0n) is 5.41. The van der Waals surface area contributed by atoms with Crippen LogP contribution in [0, 0.1) is 0 Å². The topological polar surface area (TPSA) is 94.5 Å². The van der Waals surface area contributed by atoms with Gasteiger partial charge in [-0.25, -0.2) is 10.1 Å². The van der Waals surface area contributed by atoms with Gasteiger partial charge in [0, 0.05) is 13.0 Å². The van der Waals surface area contributed by atoms with Gasteiger partial charge in [0.25, 0.3) is 0 Å². The molecule has 0 aliphatic heterocycles. The average molecular weight is 145 g/mol. The molecule has 0 saturated carbocycles. The average Bonchev–Trinajstić information content (AvgIpc) is 1.79. The van der Waals surface area contributed by atoms with E-state index in [0.717, 1.165) is 0 Å². The van der Waals surface area contributed by atoms with Crippen molar-refractivity contribution < 1.29 is 14.7 Å². The summed E-state index contributed by atoms with van der Waals surface area (Å²) in [5, 5.41) is 11.1. The van der Waals surface area contributed by atoms with E-state index in [1.807, 2.05) is 0 Å². The van der Waals surface area contributed by atoms with Crippen molar-refractivity contribution in [3.05, 3.63) is 0 Å². The number of hydrogen-bond donors (Lipinski definition) is 2. The van der Waals surface area contributed by atoms with Crippen LogP contribution in [0.15, 0.2) is 0 Å². The number of primary amides is 1. The summed E-state index contributed by atoms with van der Waals surface area (Å²) in [6, 6.07) is 0. The lowest BCUT2D eigenvalue weighted by molar-refractivity contribution is -0.118. The third-order valence-corrected chi connectivity index (χ3v) is 0.828. The number of carbonyl (C=O) groups is 2. The first-order chi connectivity index (χ1) is 4.63. The smallest absolute Gasteiger partial charge is 0.426 e. The van der Waals surface area contributed by atoms with Gasteiger partial charge in [0.05, 0.1) is 0 Å². The number of rotatable bonds is 4. The Morgan fingerprint density at radius 1 is 1.50 bits per heavy atom. The first-order valence-corrected chi connectivity index (χ1v) is 2.81. The summed E-state index contributed by atoms with van der Waals surface area (Å²) in [5.74, 6) is -0.430. The van der Waals surface area contributed by atoms with E-state index in [0.29, 0.717) is 6.42 Å². The number of carboxylic acid groups (broad SMARTS) is 1. The lowest BCUT2D eigenvalue weighted by Crippen LogP contribution is -2.17. The van der Waals surface area contributed by atoms with E-state index in [1.165, 1.54) is 0 Å². The van der Waals surface area contributed by atoms with E-state index in [-0.39, 0.29) is 13.0 Å². The first kappa shape index (κ1) is 8.74. The summed E-state index contributed by atoms with van der Waals surface area (Å²) < 4.78 is 0. The fourth-order valence-electron chi connectivity index (χ4n) is 0.428. The second-order valence-corrected chi connectivity index (χ2v) is 1.73. The Bertz CT molecular complexity index is 119. The molecule has 0 atom stereocenters. The van der Waals surface area contributed by atoms with Crippen molar-refractivity contribution in [2.75, 3.05) is 6.54 Å². The maximum Gasteiger partial charge on any atom is 0.426 e. The van der Waals surface area contributed by atoms with Gasteiger partial charge >= 0.3 is 6.09 Å². The van der Waals surface area contributed by atoms with Gasteiger partial charge in [-0.05, 0) is 6.42 Å². The van der Waals surface area contributed by atoms with E-state index in [9.17, 15) is 9.59 Å².